The molecule has 0 aliphatic rings. The third-order valence-corrected chi connectivity index (χ3v) is 3.15. The molecular weight excluding hydrogens is 295 g/mol. The molecule has 0 saturated heterocycles. The summed E-state index contributed by atoms with van der Waals surface area (Å²) >= 11 is 17.8. The van der Waals surface area contributed by atoms with E-state index in [1.807, 2.05) is 0 Å². The van der Waals surface area contributed by atoms with Gasteiger partial charge >= 0.3 is 0 Å². The van der Waals surface area contributed by atoms with Crippen LogP contribution >= 0.6 is 34.8 Å². The van der Waals surface area contributed by atoms with Crippen LogP contribution in [0.4, 0.5) is 0 Å². The van der Waals surface area contributed by atoms with E-state index in [9.17, 15) is 4.79 Å². The number of halogens is 3. The molecule has 0 amide bonds. The summed E-state index contributed by atoms with van der Waals surface area (Å²) in [5.74, 6) is 0.464. The normalized spacial score (nSPS) is 10.4. The Morgan fingerprint density at radius 3 is 2.50 bits per heavy atom. The zero-order chi connectivity index (χ0) is 13.3. The molecule has 0 atom stereocenters. The maximum atomic E-state index is 11.1. The number of carbonyl (C=O) groups excluding carboxylic acids is 1. The number of benzene rings is 1. The van der Waals surface area contributed by atoms with Gasteiger partial charge in [0, 0.05) is 10.6 Å². The van der Waals surface area contributed by atoms with Crippen LogP contribution in [0.25, 0.3) is 11.3 Å². The van der Waals surface area contributed by atoms with Gasteiger partial charge in [-0.3, -0.25) is 4.79 Å². The Morgan fingerprint density at radius 1 is 1.17 bits per heavy atom. The maximum absolute atomic E-state index is 11.1. The minimum absolute atomic E-state index is 0.110. The van der Waals surface area contributed by atoms with Crippen molar-refractivity contribution in [2.75, 3.05) is 0 Å². The Labute approximate surface area is 119 Å². The second-order valence-electron chi connectivity index (χ2n) is 3.57. The van der Waals surface area contributed by atoms with E-state index in [4.69, 9.17) is 34.8 Å². The molecule has 0 bridgehead atoms. The standard InChI is InChI=1S/C12H7Cl3N2O/c1-6-16-11(9(5-18)12(15)17-6)8-3-2-7(13)4-10(8)14/h2-5H,1H3. The summed E-state index contributed by atoms with van der Waals surface area (Å²) in [5, 5.41) is 1.02. The van der Waals surface area contributed by atoms with Crippen molar-refractivity contribution in [1.82, 2.24) is 9.97 Å². The highest BCUT2D eigenvalue weighted by Gasteiger charge is 2.15. The van der Waals surface area contributed by atoms with Crippen LogP contribution in [0.2, 0.25) is 15.2 Å². The van der Waals surface area contributed by atoms with Crippen LogP contribution in [-0.4, -0.2) is 16.3 Å². The Kier molecular flexibility index (Phi) is 3.85. The van der Waals surface area contributed by atoms with E-state index in [2.05, 4.69) is 9.97 Å². The number of nitrogens with zero attached hydrogens (tertiary/aromatic N) is 2. The molecule has 2 rings (SSSR count). The van der Waals surface area contributed by atoms with Gasteiger partial charge in [0.15, 0.2) is 6.29 Å². The van der Waals surface area contributed by atoms with Crippen LogP contribution in [0, 0.1) is 6.92 Å². The van der Waals surface area contributed by atoms with Crippen molar-refractivity contribution in [3.05, 3.63) is 44.8 Å². The van der Waals surface area contributed by atoms with Crippen LogP contribution in [0.3, 0.4) is 0 Å². The first kappa shape index (κ1) is 13.3. The van der Waals surface area contributed by atoms with Crippen molar-refractivity contribution in [2.24, 2.45) is 0 Å². The Hall–Kier alpha value is -1.16. The quantitative estimate of drug-likeness (QED) is 0.616. The van der Waals surface area contributed by atoms with Gasteiger partial charge in [0.2, 0.25) is 0 Å². The molecule has 0 unspecified atom stereocenters. The van der Waals surface area contributed by atoms with Gasteiger partial charge < -0.3 is 0 Å². The van der Waals surface area contributed by atoms with E-state index in [0.29, 0.717) is 33.4 Å². The van der Waals surface area contributed by atoms with Gasteiger partial charge in [-0.05, 0) is 25.1 Å². The molecule has 0 aliphatic carbocycles. The Balaban J connectivity index is 2.73. The van der Waals surface area contributed by atoms with Crippen LogP contribution in [0.1, 0.15) is 16.2 Å². The van der Waals surface area contributed by atoms with E-state index in [1.54, 1.807) is 25.1 Å². The second kappa shape index (κ2) is 5.22. The minimum atomic E-state index is 0.110. The van der Waals surface area contributed by atoms with Gasteiger partial charge in [-0.15, -0.1) is 0 Å². The number of carbonyl (C=O) groups is 1. The summed E-state index contributed by atoms with van der Waals surface area (Å²) in [6, 6.07) is 4.94. The lowest BCUT2D eigenvalue weighted by atomic mass is 10.1. The van der Waals surface area contributed by atoms with Gasteiger partial charge in [-0.2, -0.15) is 0 Å². The lowest BCUT2D eigenvalue weighted by Gasteiger charge is -2.08. The molecule has 0 saturated carbocycles. The lowest BCUT2D eigenvalue weighted by Crippen LogP contribution is -1.99. The average molecular weight is 302 g/mol. The first-order chi connectivity index (χ1) is 8.52. The fourth-order valence-electron chi connectivity index (χ4n) is 1.54. The van der Waals surface area contributed by atoms with E-state index < -0.39 is 0 Å². The molecule has 1 aromatic carbocycles. The van der Waals surface area contributed by atoms with Crippen molar-refractivity contribution < 1.29 is 4.79 Å². The highest BCUT2D eigenvalue weighted by molar-refractivity contribution is 6.37. The van der Waals surface area contributed by atoms with Gasteiger partial charge in [-0.1, -0.05) is 34.8 Å². The number of aryl methyl sites for hydroxylation is 1. The highest BCUT2D eigenvalue weighted by atomic mass is 35.5. The van der Waals surface area contributed by atoms with Gasteiger partial charge in [-0.25, -0.2) is 9.97 Å². The molecule has 0 N–H and O–H groups in total. The molecule has 0 radical (unpaired) electrons. The summed E-state index contributed by atoms with van der Waals surface area (Å²) in [6.45, 7) is 1.69. The van der Waals surface area contributed by atoms with Crippen molar-refractivity contribution in [2.45, 2.75) is 6.92 Å². The predicted molar refractivity (Wildman–Crippen MR) is 72.6 cm³/mol. The average Bonchev–Trinajstić information content (AvgIpc) is 2.28. The van der Waals surface area contributed by atoms with E-state index in [-0.39, 0.29) is 10.7 Å². The molecule has 1 heterocycles. The van der Waals surface area contributed by atoms with Crippen molar-refractivity contribution in [3.63, 3.8) is 0 Å². The Morgan fingerprint density at radius 2 is 1.89 bits per heavy atom. The summed E-state index contributed by atoms with van der Waals surface area (Å²) in [7, 11) is 0. The number of hydrogen-bond acceptors (Lipinski definition) is 3. The monoisotopic (exact) mass is 300 g/mol. The lowest BCUT2D eigenvalue weighted by molar-refractivity contribution is 0.112. The zero-order valence-electron chi connectivity index (χ0n) is 9.25. The third-order valence-electron chi connectivity index (χ3n) is 2.32. The van der Waals surface area contributed by atoms with Crippen molar-refractivity contribution in [1.29, 1.82) is 0 Å². The largest absolute Gasteiger partial charge is 0.298 e. The predicted octanol–water partition coefficient (Wildman–Crippen LogP) is 4.22. The molecule has 92 valence electrons. The zero-order valence-corrected chi connectivity index (χ0v) is 11.5. The van der Waals surface area contributed by atoms with Gasteiger partial charge in [0.25, 0.3) is 0 Å². The SMILES string of the molecule is Cc1nc(Cl)c(C=O)c(-c2ccc(Cl)cc2Cl)n1. The Bertz CT molecular complexity index is 629. The molecule has 2 aromatic rings. The number of aromatic nitrogens is 2. The van der Waals surface area contributed by atoms with Gasteiger partial charge in [0.1, 0.15) is 11.0 Å². The fraction of sp³-hybridized carbons (Fsp3) is 0.0833. The third kappa shape index (κ3) is 2.48. The van der Waals surface area contributed by atoms with Crippen LogP contribution in [0.5, 0.6) is 0 Å². The van der Waals surface area contributed by atoms with Gasteiger partial charge in [0.05, 0.1) is 16.3 Å². The smallest absolute Gasteiger partial charge is 0.155 e. The molecule has 6 heteroatoms. The van der Waals surface area contributed by atoms with Crippen molar-refractivity contribution in [3.8, 4) is 11.3 Å². The second-order valence-corrected chi connectivity index (χ2v) is 4.77. The van der Waals surface area contributed by atoms with Crippen LogP contribution in [0.15, 0.2) is 18.2 Å². The minimum Gasteiger partial charge on any atom is -0.298 e. The number of aldehydes is 1. The number of rotatable bonds is 2. The highest BCUT2D eigenvalue weighted by Crippen LogP contribution is 2.32. The van der Waals surface area contributed by atoms with E-state index in [1.165, 1.54) is 0 Å². The molecule has 1 aromatic heterocycles. The van der Waals surface area contributed by atoms with E-state index in [0.717, 1.165) is 0 Å². The topological polar surface area (TPSA) is 42.9 Å². The molecule has 18 heavy (non-hydrogen) atoms. The summed E-state index contributed by atoms with van der Waals surface area (Å²) < 4.78 is 0. The summed E-state index contributed by atoms with van der Waals surface area (Å²) in [4.78, 5) is 19.2. The van der Waals surface area contributed by atoms with Crippen LogP contribution in [-0.2, 0) is 0 Å². The van der Waals surface area contributed by atoms with Crippen LogP contribution < -0.4 is 0 Å². The fourth-order valence-corrected chi connectivity index (χ4v) is 2.29. The molecule has 0 spiro atoms. The first-order valence-corrected chi connectivity index (χ1v) is 6.11. The molecule has 0 aliphatic heterocycles. The number of hydrogen-bond donors (Lipinski definition) is 0. The summed E-state index contributed by atoms with van der Waals surface area (Å²) in [6.07, 6.45) is 0.613. The molecule has 3 nitrogen and oxygen atoms in total. The molecule has 0 fully saturated rings. The maximum Gasteiger partial charge on any atom is 0.155 e. The first-order valence-electron chi connectivity index (χ1n) is 4.97. The summed E-state index contributed by atoms with van der Waals surface area (Å²) in [5.41, 5.74) is 1.21. The van der Waals surface area contributed by atoms with Crippen molar-refractivity contribution >= 4 is 41.1 Å². The van der Waals surface area contributed by atoms with E-state index >= 15 is 0 Å². The molecular formula is C12H7Cl3N2O.